The Balaban J connectivity index is 0.000000191. The zero-order chi connectivity index (χ0) is 27.2. The molecular formula is C36H40NSiZr. The Hall–Kier alpha value is -2.58. The van der Waals surface area contributed by atoms with E-state index in [2.05, 4.69) is 143 Å². The molecule has 3 heteroatoms. The Kier molecular flexibility index (Phi) is 15.0. The van der Waals surface area contributed by atoms with E-state index in [1.165, 1.54) is 38.2 Å². The van der Waals surface area contributed by atoms with E-state index in [1.54, 1.807) is 0 Å². The molecule has 0 spiro atoms. The Morgan fingerprint density at radius 2 is 0.949 bits per heavy atom. The minimum atomic E-state index is 0. The summed E-state index contributed by atoms with van der Waals surface area (Å²) in [6.45, 7) is 8.67. The molecule has 1 saturated carbocycles. The van der Waals surface area contributed by atoms with Gasteiger partial charge in [0.2, 0.25) is 0 Å². The average Bonchev–Trinajstić information content (AvgIpc) is 3.73. The van der Waals surface area contributed by atoms with Crippen LogP contribution in [0.3, 0.4) is 0 Å². The predicted molar refractivity (Wildman–Crippen MR) is 168 cm³/mol. The number of allylic oxidation sites excluding steroid dienone is 4. The smallest absolute Gasteiger partial charge is 0.675 e. The van der Waals surface area contributed by atoms with Gasteiger partial charge in [-0.25, -0.2) is 5.57 Å². The number of benzene rings is 4. The summed E-state index contributed by atoms with van der Waals surface area (Å²) in [6.07, 6.45) is 5.66. The van der Waals surface area contributed by atoms with Crippen molar-refractivity contribution in [3.8, 4) is 11.1 Å². The second-order valence-corrected chi connectivity index (χ2v) is 11.4. The quantitative estimate of drug-likeness (QED) is 0.166. The van der Waals surface area contributed by atoms with E-state index in [9.17, 15) is 0 Å². The van der Waals surface area contributed by atoms with E-state index >= 15 is 0 Å². The third-order valence-corrected chi connectivity index (χ3v) is 8.06. The molecule has 197 valence electrons. The van der Waals surface area contributed by atoms with Crippen molar-refractivity contribution in [2.45, 2.75) is 46.6 Å². The van der Waals surface area contributed by atoms with E-state index in [4.69, 9.17) is 5.73 Å². The Bertz CT molecular complexity index is 1190. The SMILES string of the molecule is CC1=[C-]C(C)C(C)=C1C.[NH-]C1CC1.[Zr+2].c1ccc(-c2ccccc2)cc1.c1ccc([SiH]c2ccccc2)cc1. The van der Waals surface area contributed by atoms with Crippen molar-refractivity contribution in [3.05, 3.63) is 150 Å². The van der Waals surface area contributed by atoms with Crippen LogP contribution >= 0.6 is 0 Å². The molecule has 1 atom stereocenters. The summed E-state index contributed by atoms with van der Waals surface area (Å²) in [5, 5.41) is 2.90. The molecule has 2 aliphatic rings. The number of hydrogen-bond donors (Lipinski definition) is 0. The van der Waals surface area contributed by atoms with Crippen LogP contribution in [0.1, 0.15) is 40.5 Å². The molecule has 1 N–H and O–H groups in total. The first kappa shape index (κ1) is 32.6. The van der Waals surface area contributed by atoms with Gasteiger partial charge in [-0.15, -0.1) is 13.0 Å². The largest absolute Gasteiger partial charge is 2.00 e. The van der Waals surface area contributed by atoms with E-state index in [1.807, 2.05) is 12.1 Å². The van der Waals surface area contributed by atoms with Crippen molar-refractivity contribution in [1.29, 1.82) is 0 Å². The van der Waals surface area contributed by atoms with Gasteiger partial charge in [-0.05, 0) is 11.1 Å². The van der Waals surface area contributed by atoms with Gasteiger partial charge < -0.3 is 5.73 Å². The maximum Gasteiger partial charge on any atom is 2.00 e. The van der Waals surface area contributed by atoms with Gasteiger partial charge in [0.05, 0.1) is 0 Å². The summed E-state index contributed by atoms with van der Waals surface area (Å²) in [4.78, 5) is 0. The van der Waals surface area contributed by atoms with Gasteiger partial charge in [0.1, 0.15) is 9.52 Å². The van der Waals surface area contributed by atoms with Crippen molar-refractivity contribution in [1.82, 2.24) is 0 Å². The standard InChI is InChI=1S/C12H11Si.C12H10.C9H13.C3H6N.Zr/c1-3-7-11(8-4-1)13-12-9-5-2-6-10-12;1-3-7-11(8-4-1)12-9-5-2-6-10-12;1-6-5-7(2)9(4)8(6)3;4-3-1-2-3;/h1-10,13H;1-10H;6H,1-4H3;3-4H,1-2H2;/q;;2*-1;+2. The first-order valence-electron chi connectivity index (χ1n) is 13.5. The molecule has 0 aliphatic heterocycles. The van der Waals surface area contributed by atoms with Crippen molar-refractivity contribution in [2.75, 3.05) is 0 Å². The average molecular weight is 606 g/mol. The molecule has 6 rings (SSSR count). The van der Waals surface area contributed by atoms with Crippen molar-refractivity contribution in [3.63, 3.8) is 0 Å². The first-order chi connectivity index (χ1) is 18.4. The molecule has 1 fully saturated rings. The minimum Gasteiger partial charge on any atom is -0.675 e. The predicted octanol–water partition coefficient (Wildman–Crippen LogP) is 8.35. The van der Waals surface area contributed by atoms with Crippen LogP contribution in [0.25, 0.3) is 16.9 Å². The third-order valence-electron chi connectivity index (χ3n) is 6.63. The van der Waals surface area contributed by atoms with Crippen LogP contribution in [-0.2, 0) is 26.2 Å². The second-order valence-electron chi connectivity index (χ2n) is 9.77. The molecule has 4 aromatic carbocycles. The summed E-state index contributed by atoms with van der Waals surface area (Å²) >= 11 is 0. The molecular weight excluding hydrogens is 566 g/mol. The summed E-state index contributed by atoms with van der Waals surface area (Å²) < 4.78 is 0. The first-order valence-corrected chi connectivity index (χ1v) is 14.6. The molecule has 4 aromatic rings. The maximum atomic E-state index is 6.69. The van der Waals surface area contributed by atoms with Gasteiger partial charge in [0, 0.05) is 0 Å². The molecule has 0 heterocycles. The number of hydrogen-bond acceptors (Lipinski definition) is 0. The maximum absolute atomic E-state index is 6.69. The molecule has 1 radical (unpaired) electrons. The topological polar surface area (TPSA) is 23.8 Å². The number of nitrogens with one attached hydrogen (secondary N) is 1. The molecule has 1 nitrogen and oxygen atoms in total. The summed E-state index contributed by atoms with van der Waals surface area (Å²) in [7, 11) is 0.271. The van der Waals surface area contributed by atoms with Crippen molar-refractivity contribution < 1.29 is 26.2 Å². The van der Waals surface area contributed by atoms with Gasteiger partial charge in [-0.1, -0.05) is 171 Å². The van der Waals surface area contributed by atoms with E-state index in [0.717, 1.165) is 12.8 Å². The Morgan fingerprint density at radius 3 is 1.18 bits per heavy atom. The van der Waals surface area contributed by atoms with Gasteiger partial charge in [-0.3, -0.25) is 6.08 Å². The van der Waals surface area contributed by atoms with Crippen LogP contribution in [0.15, 0.2) is 138 Å². The zero-order valence-corrected chi connectivity index (χ0v) is 27.3. The molecule has 1 unspecified atom stereocenters. The van der Waals surface area contributed by atoms with Crippen molar-refractivity contribution >= 4 is 19.9 Å². The Morgan fingerprint density at radius 1 is 0.615 bits per heavy atom. The van der Waals surface area contributed by atoms with Crippen LogP contribution in [-0.4, -0.2) is 15.6 Å². The van der Waals surface area contributed by atoms with E-state index in [-0.39, 0.29) is 35.7 Å². The van der Waals surface area contributed by atoms with Crippen LogP contribution in [0.4, 0.5) is 0 Å². The van der Waals surface area contributed by atoms with Crippen LogP contribution < -0.4 is 10.4 Å². The Labute approximate surface area is 258 Å². The molecule has 39 heavy (non-hydrogen) atoms. The van der Waals surface area contributed by atoms with E-state index < -0.39 is 0 Å². The number of rotatable bonds is 3. The molecule has 2 aliphatic carbocycles. The van der Waals surface area contributed by atoms with Crippen LogP contribution in [0.5, 0.6) is 0 Å². The van der Waals surface area contributed by atoms with Crippen LogP contribution in [0, 0.1) is 12.0 Å². The second kappa shape index (κ2) is 17.9. The fraction of sp³-hybridized carbons (Fsp3) is 0.222. The third kappa shape index (κ3) is 12.4. The summed E-state index contributed by atoms with van der Waals surface area (Å²) in [5.74, 6) is 0.560. The van der Waals surface area contributed by atoms with Gasteiger partial charge in [-0.2, -0.15) is 11.1 Å². The summed E-state index contributed by atoms with van der Waals surface area (Å²) in [6, 6.07) is 42.4. The molecule has 0 bridgehead atoms. The molecule has 0 amide bonds. The fourth-order valence-electron chi connectivity index (χ4n) is 3.80. The van der Waals surface area contributed by atoms with Gasteiger partial charge in [0.25, 0.3) is 0 Å². The summed E-state index contributed by atoms with van der Waals surface area (Å²) in [5.41, 5.74) is 13.5. The fourth-order valence-corrected chi connectivity index (χ4v) is 5.01. The van der Waals surface area contributed by atoms with Crippen molar-refractivity contribution in [2.24, 2.45) is 5.92 Å². The normalized spacial score (nSPS) is 15.2. The van der Waals surface area contributed by atoms with E-state index in [0.29, 0.717) is 12.0 Å². The van der Waals surface area contributed by atoms with Gasteiger partial charge in [0.15, 0.2) is 0 Å². The molecule has 0 saturated heterocycles. The zero-order valence-electron chi connectivity index (χ0n) is 23.7. The van der Waals surface area contributed by atoms with Crippen LogP contribution in [0.2, 0.25) is 0 Å². The monoisotopic (exact) mass is 604 g/mol. The minimum absolute atomic E-state index is 0. The van der Waals surface area contributed by atoms with Gasteiger partial charge >= 0.3 is 26.2 Å². The molecule has 0 aromatic heterocycles.